The van der Waals surface area contributed by atoms with E-state index in [9.17, 15) is 0 Å². The van der Waals surface area contributed by atoms with Crippen molar-refractivity contribution in [2.45, 2.75) is 57.0 Å². The van der Waals surface area contributed by atoms with Crippen molar-refractivity contribution in [3.05, 3.63) is 35.9 Å². The molecular formula is C22H32N2. The van der Waals surface area contributed by atoms with E-state index in [1.165, 1.54) is 71.1 Å². The molecule has 0 spiro atoms. The third kappa shape index (κ3) is 2.72. The molecule has 0 aliphatic carbocycles. The van der Waals surface area contributed by atoms with Crippen molar-refractivity contribution in [3.63, 3.8) is 0 Å². The van der Waals surface area contributed by atoms with Gasteiger partial charge >= 0.3 is 0 Å². The Kier molecular flexibility index (Phi) is 4.14. The van der Waals surface area contributed by atoms with Crippen LogP contribution in [0.2, 0.25) is 0 Å². The van der Waals surface area contributed by atoms with E-state index in [-0.39, 0.29) is 0 Å². The summed E-state index contributed by atoms with van der Waals surface area (Å²) in [6.07, 6.45) is 10.1. The monoisotopic (exact) mass is 324 g/mol. The highest BCUT2D eigenvalue weighted by atomic mass is 15.3. The Balaban J connectivity index is 1.37. The molecule has 0 N–H and O–H groups in total. The number of rotatable bonds is 2. The number of piperidine rings is 4. The molecule has 5 atom stereocenters. The lowest BCUT2D eigenvalue weighted by atomic mass is 9.67. The molecule has 4 fully saturated rings. The Morgan fingerprint density at radius 1 is 0.833 bits per heavy atom. The standard InChI is InChI=1S/C22H32N2/c1-2-7-17(8-3-1)13-18-9-6-12-24-15-19-14-20(22(18)24)16-23-11-5-4-10-21(19)23/h1-3,7-8,18-22H,4-6,9-16H2/t18?,19-,20-,21+,22-/m0/s1. The highest BCUT2D eigenvalue weighted by Gasteiger charge is 2.48. The summed E-state index contributed by atoms with van der Waals surface area (Å²) in [5, 5.41) is 0. The molecule has 2 heteroatoms. The van der Waals surface area contributed by atoms with Crippen molar-refractivity contribution in [2.24, 2.45) is 17.8 Å². The van der Waals surface area contributed by atoms with Gasteiger partial charge < -0.3 is 0 Å². The van der Waals surface area contributed by atoms with Crippen LogP contribution in [0.4, 0.5) is 0 Å². The molecule has 2 bridgehead atoms. The molecule has 4 aliphatic heterocycles. The fourth-order valence-electron chi connectivity index (χ4n) is 6.65. The molecule has 1 unspecified atom stereocenters. The molecular weight excluding hydrogens is 292 g/mol. The highest BCUT2D eigenvalue weighted by Crippen LogP contribution is 2.45. The number of nitrogens with zero attached hydrogens (tertiary/aromatic N) is 2. The Morgan fingerprint density at radius 3 is 2.58 bits per heavy atom. The summed E-state index contributed by atoms with van der Waals surface area (Å²) in [6, 6.07) is 13.0. The normalized spacial score (nSPS) is 39.9. The summed E-state index contributed by atoms with van der Waals surface area (Å²) in [5.41, 5.74) is 1.55. The minimum Gasteiger partial charge on any atom is -0.300 e. The molecule has 0 radical (unpaired) electrons. The Bertz CT molecular complexity index is 556. The van der Waals surface area contributed by atoms with Gasteiger partial charge in [-0.2, -0.15) is 0 Å². The van der Waals surface area contributed by atoms with Crippen LogP contribution in [0.25, 0.3) is 0 Å². The summed E-state index contributed by atoms with van der Waals surface area (Å²) in [5.74, 6) is 2.79. The van der Waals surface area contributed by atoms with Crippen molar-refractivity contribution in [2.75, 3.05) is 26.2 Å². The lowest BCUT2D eigenvalue weighted by Gasteiger charge is -2.59. The number of hydrogen-bond acceptors (Lipinski definition) is 2. The van der Waals surface area contributed by atoms with Gasteiger partial charge in [-0.3, -0.25) is 9.80 Å². The van der Waals surface area contributed by atoms with Crippen LogP contribution in [0.3, 0.4) is 0 Å². The maximum absolute atomic E-state index is 2.93. The quantitative estimate of drug-likeness (QED) is 0.816. The number of hydrogen-bond donors (Lipinski definition) is 0. The minimum atomic E-state index is 0.859. The van der Waals surface area contributed by atoms with Gasteiger partial charge in [0.05, 0.1) is 0 Å². The number of fused-ring (bicyclic) bond motifs is 6. The highest BCUT2D eigenvalue weighted by molar-refractivity contribution is 5.16. The third-order valence-corrected chi connectivity index (χ3v) is 7.50. The molecule has 130 valence electrons. The largest absolute Gasteiger partial charge is 0.300 e. The second kappa shape index (κ2) is 6.46. The van der Waals surface area contributed by atoms with Gasteiger partial charge in [-0.25, -0.2) is 0 Å². The third-order valence-electron chi connectivity index (χ3n) is 7.50. The summed E-state index contributed by atoms with van der Waals surface area (Å²) in [7, 11) is 0. The van der Waals surface area contributed by atoms with E-state index in [4.69, 9.17) is 0 Å². The van der Waals surface area contributed by atoms with Crippen LogP contribution in [0.5, 0.6) is 0 Å². The molecule has 0 amide bonds. The zero-order valence-electron chi connectivity index (χ0n) is 14.9. The fourth-order valence-corrected chi connectivity index (χ4v) is 6.65. The van der Waals surface area contributed by atoms with E-state index >= 15 is 0 Å². The van der Waals surface area contributed by atoms with Gasteiger partial charge in [-0.15, -0.1) is 0 Å². The summed E-state index contributed by atoms with van der Waals surface area (Å²) in [6.45, 7) is 5.55. The molecule has 4 heterocycles. The predicted octanol–water partition coefficient (Wildman–Crippen LogP) is 3.81. The maximum Gasteiger partial charge on any atom is 0.0167 e. The average Bonchev–Trinajstić information content (AvgIpc) is 2.63. The van der Waals surface area contributed by atoms with Crippen molar-refractivity contribution in [3.8, 4) is 0 Å². The summed E-state index contributed by atoms with van der Waals surface area (Å²) >= 11 is 0. The van der Waals surface area contributed by atoms with E-state index in [1.54, 1.807) is 5.56 Å². The van der Waals surface area contributed by atoms with E-state index < -0.39 is 0 Å². The second-order valence-corrected chi connectivity index (χ2v) is 8.89. The molecule has 1 aromatic carbocycles. The smallest absolute Gasteiger partial charge is 0.0167 e. The topological polar surface area (TPSA) is 6.48 Å². The molecule has 4 saturated heterocycles. The lowest BCUT2D eigenvalue weighted by Crippen LogP contribution is -2.65. The van der Waals surface area contributed by atoms with Crippen LogP contribution in [0.15, 0.2) is 30.3 Å². The zero-order valence-corrected chi connectivity index (χ0v) is 14.9. The maximum atomic E-state index is 2.93. The van der Waals surface area contributed by atoms with Crippen molar-refractivity contribution >= 4 is 0 Å². The van der Waals surface area contributed by atoms with Gasteiger partial charge in [0.15, 0.2) is 0 Å². The van der Waals surface area contributed by atoms with E-state index in [0.29, 0.717) is 0 Å². The Morgan fingerprint density at radius 2 is 1.67 bits per heavy atom. The first-order chi connectivity index (χ1) is 11.9. The molecule has 0 saturated carbocycles. The Hall–Kier alpha value is -0.860. The van der Waals surface area contributed by atoms with Gasteiger partial charge in [-0.05, 0) is 74.9 Å². The summed E-state index contributed by atoms with van der Waals surface area (Å²) in [4.78, 5) is 5.83. The van der Waals surface area contributed by atoms with Gasteiger partial charge in [0.1, 0.15) is 0 Å². The first-order valence-electron chi connectivity index (χ1n) is 10.4. The SMILES string of the molecule is c1ccc(CC2CCCN3C[C@@H]4C[C@@H](CN5CCCC[C@H]45)[C@H]23)cc1. The van der Waals surface area contributed by atoms with E-state index in [2.05, 4.69) is 40.1 Å². The molecule has 4 aliphatic rings. The van der Waals surface area contributed by atoms with E-state index in [0.717, 1.165) is 29.8 Å². The molecule has 5 rings (SSSR count). The van der Waals surface area contributed by atoms with Crippen LogP contribution in [0.1, 0.15) is 44.1 Å². The minimum absolute atomic E-state index is 0.859. The first-order valence-corrected chi connectivity index (χ1v) is 10.4. The predicted molar refractivity (Wildman–Crippen MR) is 99.0 cm³/mol. The van der Waals surface area contributed by atoms with Gasteiger partial charge in [0.2, 0.25) is 0 Å². The van der Waals surface area contributed by atoms with E-state index in [1.807, 2.05) is 0 Å². The van der Waals surface area contributed by atoms with Crippen molar-refractivity contribution in [1.82, 2.24) is 9.80 Å². The average molecular weight is 325 g/mol. The van der Waals surface area contributed by atoms with Crippen molar-refractivity contribution < 1.29 is 0 Å². The van der Waals surface area contributed by atoms with Gasteiger partial charge in [0, 0.05) is 25.2 Å². The second-order valence-electron chi connectivity index (χ2n) is 8.89. The Labute approximate surface area is 147 Å². The van der Waals surface area contributed by atoms with Gasteiger partial charge in [-0.1, -0.05) is 36.8 Å². The summed E-state index contributed by atoms with van der Waals surface area (Å²) < 4.78 is 0. The van der Waals surface area contributed by atoms with Crippen LogP contribution in [-0.4, -0.2) is 48.1 Å². The van der Waals surface area contributed by atoms with Crippen LogP contribution < -0.4 is 0 Å². The van der Waals surface area contributed by atoms with Gasteiger partial charge in [0.25, 0.3) is 0 Å². The molecule has 1 aromatic rings. The molecule has 24 heavy (non-hydrogen) atoms. The zero-order chi connectivity index (χ0) is 15.9. The first kappa shape index (κ1) is 15.4. The molecule has 2 nitrogen and oxygen atoms in total. The van der Waals surface area contributed by atoms with Crippen molar-refractivity contribution in [1.29, 1.82) is 0 Å². The lowest BCUT2D eigenvalue weighted by molar-refractivity contribution is -0.0896. The fraction of sp³-hybridized carbons (Fsp3) is 0.727. The number of benzene rings is 1. The molecule has 0 aromatic heterocycles. The van der Waals surface area contributed by atoms with Crippen LogP contribution in [0, 0.1) is 17.8 Å². The van der Waals surface area contributed by atoms with Crippen LogP contribution in [-0.2, 0) is 6.42 Å². The van der Waals surface area contributed by atoms with Crippen LogP contribution >= 0.6 is 0 Å².